The van der Waals surface area contributed by atoms with Crippen LogP contribution in [0.25, 0.3) is 0 Å². The predicted octanol–water partition coefficient (Wildman–Crippen LogP) is 4.21. The molecule has 2 aromatic heterocycles. The summed E-state index contributed by atoms with van der Waals surface area (Å²) in [5.41, 5.74) is 0.200. The van der Waals surface area contributed by atoms with Gasteiger partial charge in [-0.1, -0.05) is 12.1 Å². The minimum absolute atomic E-state index is 0.0430. The number of allylic oxidation sites excluding steroid dienone is 2. The lowest BCUT2D eigenvalue weighted by molar-refractivity contribution is -0.385. The number of aromatic nitrogens is 3. The third kappa shape index (κ3) is 3.15. The standard InChI is InChI=1S/C20H14F3N5O4/c21-20(22,23)18-25-19-24-12-8-10(15-6-3-7-32-15)9-14(29)16(12)17(27(19)26-18)11-4-1-2-5-13(11)28(30)31/h1-7,10,17H,8-9H2,(H,24,25,26)/t10-,17-/m0/s1. The van der Waals surface area contributed by atoms with Crippen LogP contribution < -0.4 is 5.32 Å². The summed E-state index contributed by atoms with van der Waals surface area (Å²) in [6.07, 6.45) is -3.05. The van der Waals surface area contributed by atoms with Crippen LogP contribution >= 0.6 is 0 Å². The molecule has 12 heteroatoms. The van der Waals surface area contributed by atoms with Crippen LogP contribution in [-0.2, 0) is 11.0 Å². The van der Waals surface area contributed by atoms with Gasteiger partial charge in [-0.3, -0.25) is 14.9 Å². The van der Waals surface area contributed by atoms with E-state index < -0.39 is 23.0 Å². The number of nitro groups is 1. The maximum Gasteiger partial charge on any atom is 0.453 e. The van der Waals surface area contributed by atoms with E-state index in [1.165, 1.54) is 30.5 Å². The molecule has 1 aliphatic carbocycles. The number of ketones is 1. The zero-order valence-corrected chi connectivity index (χ0v) is 16.2. The van der Waals surface area contributed by atoms with E-state index >= 15 is 0 Å². The van der Waals surface area contributed by atoms with Gasteiger partial charge in [0, 0.05) is 29.7 Å². The van der Waals surface area contributed by atoms with E-state index in [2.05, 4.69) is 15.4 Å². The molecule has 2 atom stereocenters. The summed E-state index contributed by atoms with van der Waals surface area (Å²) < 4.78 is 46.3. The number of furan rings is 1. The molecule has 0 fully saturated rings. The third-order valence-corrected chi connectivity index (χ3v) is 5.55. The molecule has 0 amide bonds. The summed E-state index contributed by atoms with van der Waals surface area (Å²) in [6, 6.07) is 7.77. The first-order valence-electron chi connectivity index (χ1n) is 9.57. The highest BCUT2D eigenvalue weighted by molar-refractivity contribution is 6.00. The lowest BCUT2D eigenvalue weighted by Crippen LogP contribution is -2.33. The average molecular weight is 445 g/mol. The molecule has 0 radical (unpaired) electrons. The van der Waals surface area contributed by atoms with Gasteiger partial charge in [-0.25, -0.2) is 4.68 Å². The molecule has 3 heterocycles. The van der Waals surface area contributed by atoms with Crippen molar-refractivity contribution >= 4 is 17.4 Å². The monoisotopic (exact) mass is 445 g/mol. The molecular formula is C20H14F3N5O4. The van der Waals surface area contributed by atoms with Gasteiger partial charge in [-0.2, -0.15) is 18.2 Å². The average Bonchev–Trinajstić information content (AvgIpc) is 3.41. The number of nitrogens with zero attached hydrogens (tertiary/aromatic N) is 4. The maximum absolute atomic E-state index is 13.3. The predicted molar refractivity (Wildman–Crippen MR) is 103 cm³/mol. The number of benzene rings is 1. The Kier molecular flexibility index (Phi) is 4.39. The minimum Gasteiger partial charge on any atom is -0.469 e. The number of fused-ring (bicyclic) bond motifs is 1. The van der Waals surface area contributed by atoms with Crippen LogP contribution in [0.15, 0.2) is 58.3 Å². The molecule has 2 aliphatic rings. The fourth-order valence-electron chi connectivity index (χ4n) is 4.23. The van der Waals surface area contributed by atoms with Crippen molar-refractivity contribution in [1.29, 1.82) is 0 Å². The highest BCUT2D eigenvalue weighted by Gasteiger charge is 2.45. The van der Waals surface area contributed by atoms with Crippen molar-refractivity contribution < 1.29 is 27.3 Å². The van der Waals surface area contributed by atoms with Crippen LogP contribution in [0.3, 0.4) is 0 Å². The molecule has 3 aromatic rings. The Labute approximate surface area is 177 Å². The van der Waals surface area contributed by atoms with Gasteiger partial charge in [0.2, 0.25) is 5.95 Å². The number of anilines is 1. The van der Waals surface area contributed by atoms with Crippen molar-refractivity contribution in [2.24, 2.45) is 0 Å². The Hall–Kier alpha value is -3.96. The fraction of sp³-hybridized carbons (Fsp3) is 0.250. The molecule has 0 spiro atoms. The number of nitro benzene ring substituents is 1. The number of hydrogen-bond donors (Lipinski definition) is 1. The van der Waals surface area contributed by atoms with Gasteiger partial charge in [-0.15, -0.1) is 5.10 Å². The van der Waals surface area contributed by atoms with Crippen LogP contribution in [0, 0.1) is 10.1 Å². The first-order chi connectivity index (χ1) is 15.2. The van der Waals surface area contributed by atoms with Crippen LogP contribution in [0.2, 0.25) is 0 Å². The Morgan fingerprint density at radius 1 is 1.19 bits per heavy atom. The lowest BCUT2D eigenvalue weighted by atomic mass is 9.79. The Morgan fingerprint density at radius 2 is 1.97 bits per heavy atom. The SMILES string of the molecule is O=C1C[C@@H](c2ccco2)CC2=C1[C@H](c1ccccc1[N+](=O)[O-])n1nc(C(F)(F)F)nc1N2. The Morgan fingerprint density at radius 3 is 2.66 bits per heavy atom. The quantitative estimate of drug-likeness (QED) is 0.474. The minimum atomic E-state index is -4.83. The zero-order chi connectivity index (χ0) is 22.6. The molecule has 1 N–H and O–H groups in total. The van der Waals surface area contributed by atoms with Gasteiger partial charge >= 0.3 is 6.18 Å². The fourth-order valence-corrected chi connectivity index (χ4v) is 4.23. The molecule has 1 aromatic carbocycles. The first kappa shape index (κ1) is 20.0. The largest absolute Gasteiger partial charge is 0.469 e. The molecule has 164 valence electrons. The normalized spacial score (nSPS) is 20.5. The molecule has 0 unspecified atom stereocenters. The van der Waals surface area contributed by atoms with E-state index in [9.17, 15) is 28.1 Å². The van der Waals surface area contributed by atoms with E-state index in [0.29, 0.717) is 11.5 Å². The van der Waals surface area contributed by atoms with Gasteiger partial charge in [0.1, 0.15) is 11.8 Å². The van der Waals surface area contributed by atoms with Gasteiger partial charge in [0.15, 0.2) is 5.78 Å². The van der Waals surface area contributed by atoms with Crippen LogP contribution in [0.1, 0.15) is 41.9 Å². The van der Waals surface area contributed by atoms with Crippen molar-refractivity contribution in [1.82, 2.24) is 14.8 Å². The second kappa shape index (κ2) is 7.04. The molecule has 0 bridgehead atoms. The maximum atomic E-state index is 13.3. The van der Waals surface area contributed by atoms with E-state index in [1.54, 1.807) is 12.1 Å². The van der Waals surface area contributed by atoms with Gasteiger partial charge < -0.3 is 9.73 Å². The lowest BCUT2D eigenvalue weighted by Gasteiger charge is -2.34. The summed E-state index contributed by atoms with van der Waals surface area (Å²) in [4.78, 5) is 27.8. The number of Topliss-reactive ketones (excluding diaryl/α,β-unsaturated/α-hetero) is 1. The summed E-state index contributed by atoms with van der Waals surface area (Å²) >= 11 is 0. The second-order valence-electron chi connectivity index (χ2n) is 7.48. The highest BCUT2D eigenvalue weighted by atomic mass is 19.4. The molecule has 32 heavy (non-hydrogen) atoms. The summed E-state index contributed by atoms with van der Waals surface area (Å²) in [5.74, 6) is -1.77. The number of hydrogen-bond acceptors (Lipinski definition) is 7. The van der Waals surface area contributed by atoms with Crippen LogP contribution in [-0.4, -0.2) is 25.5 Å². The number of halogens is 3. The van der Waals surface area contributed by atoms with Crippen LogP contribution in [0.5, 0.6) is 0 Å². The van der Waals surface area contributed by atoms with E-state index in [1.807, 2.05) is 0 Å². The Balaban J connectivity index is 1.70. The molecule has 0 saturated carbocycles. The molecular weight excluding hydrogens is 431 g/mol. The Bertz CT molecular complexity index is 1260. The summed E-state index contributed by atoms with van der Waals surface area (Å²) in [5, 5.41) is 18.0. The smallest absolute Gasteiger partial charge is 0.453 e. The van der Waals surface area contributed by atoms with Gasteiger partial charge in [0.05, 0.1) is 16.7 Å². The number of rotatable bonds is 3. The number of alkyl halides is 3. The molecule has 5 rings (SSSR count). The number of nitrogens with one attached hydrogen (secondary N) is 1. The van der Waals surface area contributed by atoms with E-state index in [4.69, 9.17) is 4.42 Å². The number of carbonyl (C=O) groups excluding carboxylic acids is 1. The van der Waals surface area contributed by atoms with E-state index in [-0.39, 0.29) is 47.3 Å². The van der Waals surface area contributed by atoms with Gasteiger partial charge in [0.25, 0.3) is 11.5 Å². The molecule has 9 nitrogen and oxygen atoms in total. The van der Waals surface area contributed by atoms with Crippen molar-refractivity contribution in [3.8, 4) is 0 Å². The van der Waals surface area contributed by atoms with Crippen molar-refractivity contribution in [2.75, 3.05) is 5.32 Å². The zero-order valence-electron chi connectivity index (χ0n) is 16.2. The van der Waals surface area contributed by atoms with Gasteiger partial charge in [-0.05, 0) is 24.6 Å². The summed E-state index contributed by atoms with van der Waals surface area (Å²) in [6.45, 7) is 0. The van der Waals surface area contributed by atoms with Crippen LogP contribution in [0.4, 0.5) is 24.8 Å². The van der Waals surface area contributed by atoms with Crippen molar-refractivity contribution in [3.63, 3.8) is 0 Å². The molecule has 1 aliphatic heterocycles. The molecule has 0 saturated heterocycles. The first-order valence-corrected chi connectivity index (χ1v) is 9.57. The van der Waals surface area contributed by atoms with Crippen molar-refractivity contribution in [3.05, 3.63) is 81.2 Å². The topological polar surface area (TPSA) is 116 Å². The van der Waals surface area contributed by atoms with Crippen molar-refractivity contribution in [2.45, 2.75) is 31.0 Å². The number of para-hydroxylation sites is 1. The van der Waals surface area contributed by atoms with E-state index in [0.717, 1.165) is 4.68 Å². The summed E-state index contributed by atoms with van der Waals surface area (Å²) in [7, 11) is 0. The number of carbonyl (C=O) groups is 1. The third-order valence-electron chi connectivity index (χ3n) is 5.55. The highest BCUT2D eigenvalue weighted by Crippen LogP contribution is 2.46. The second-order valence-corrected chi connectivity index (χ2v) is 7.48.